The van der Waals surface area contributed by atoms with Crippen LogP contribution in [-0.2, 0) is 0 Å². The van der Waals surface area contributed by atoms with Gasteiger partial charge < -0.3 is 23.1 Å². The van der Waals surface area contributed by atoms with E-state index >= 15 is 0 Å². The SMILES string of the molecule is Cc1cccc(N(c2ccccc2)c2ccc3cc4c(cc3c2)oc2cc(-c3cccc5c3oc3ccccc35)c3oc5cc6cc(N(c7ccccc7)c7cccc(C)c7C)ccc6cc5c3c24)c1C. The molecule has 0 amide bonds. The molecular formula is C66H46N2O3. The minimum absolute atomic E-state index is 0.789. The van der Waals surface area contributed by atoms with Crippen molar-refractivity contribution in [1.82, 2.24) is 0 Å². The van der Waals surface area contributed by atoms with Crippen LogP contribution in [0.3, 0.4) is 0 Å². The Hall–Kier alpha value is -9.06. The van der Waals surface area contributed by atoms with Gasteiger partial charge in [-0.15, -0.1) is 0 Å². The molecular weight excluding hydrogens is 869 g/mol. The van der Waals surface area contributed by atoms with Gasteiger partial charge in [-0.05, 0) is 169 Å². The molecule has 0 spiro atoms. The van der Waals surface area contributed by atoms with Crippen molar-refractivity contribution >= 4 is 121 Å². The zero-order valence-electron chi connectivity index (χ0n) is 39.7. The Balaban J connectivity index is 1.01. The van der Waals surface area contributed by atoms with E-state index < -0.39 is 0 Å². The van der Waals surface area contributed by atoms with E-state index in [0.717, 1.165) is 133 Å². The van der Waals surface area contributed by atoms with Gasteiger partial charge in [0.2, 0.25) is 0 Å². The number of fused-ring (bicyclic) bond motifs is 12. The maximum absolute atomic E-state index is 7.23. The van der Waals surface area contributed by atoms with Crippen molar-refractivity contribution in [3.8, 4) is 11.1 Å². The van der Waals surface area contributed by atoms with E-state index in [4.69, 9.17) is 13.3 Å². The van der Waals surface area contributed by atoms with Crippen LogP contribution in [0.2, 0.25) is 0 Å². The molecule has 0 atom stereocenters. The number of rotatable bonds is 7. The van der Waals surface area contributed by atoms with Gasteiger partial charge in [-0.2, -0.15) is 0 Å². The van der Waals surface area contributed by atoms with Gasteiger partial charge in [-0.25, -0.2) is 0 Å². The smallest absolute Gasteiger partial charge is 0.144 e. The van der Waals surface area contributed by atoms with Crippen LogP contribution in [0.25, 0.3) is 98.5 Å². The Morgan fingerprint density at radius 3 is 1.44 bits per heavy atom. The van der Waals surface area contributed by atoms with Crippen LogP contribution < -0.4 is 9.80 Å². The molecule has 3 aromatic heterocycles. The van der Waals surface area contributed by atoms with Crippen molar-refractivity contribution in [2.24, 2.45) is 0 Å². The molecule has 3 heterocycles. The van der Waals surface area contributed by atoms with Crippen molar-refractivity contribution < 1.29 is 13.3 Å². The number of anilines is 6. The summed E-state index contributed by atoms with van der Waals surface area (Å²) in [6, 6.07) is 73.6. The summed E-state index contributed by atoms with van der Waals surface area (Å²) in [5.74, 6) is 0. The molecule has 0 N–H and O–H groups in total. The van der Waals surface area contributed by atoms with E-state index in [1.807, 2.05) is 12.1 Å². The molecule has 5 heteroatoms. The van der Waals surface area contributed by atoms with Crippen molar-refractivity contribution in [2.75, 3.05) is 9.80 Å². The fraction of sp³-hybridized carbons (Fsp3) is 0.0606. The minimum Gasteiger partial charge on any atom is -0.456 e. The molecule has 11 aromatic carbocycles. The molecule has 14 aromatic rings. The third-order valence-electron chi connectivity index (χ3n) is 14.9. The zero-order valence-corrected chi connectivity index (χ0v) is 39.7. The van der Waals surface area contributed by atoms with Crippen LogP contribution in [0.1, 0.15) is 22.3 Å². The molecule has 0 radical (unpaired) electrons. The van der Waals surface area contributed by atoms with E-state index in [0.29, 0.717) is 0 Å². The van der Waals surface area contributed by atoms with Gasteiger partial charge in [0.25, 0.3) is 0 Å². The first kappa shape index (κ1) is 41.0. The molecule has 0 saturated heterocycles. The van der Waals surface area contributed by atoms with Crippen molar-refractivity contribution in [2.45, 2.75) is 27.7 Å². The maximum atomic E-state index is 7.23. The van der Waals surface area contributed by atoms with Crippen LogP contribution in [0.15, 0.2) is 220 Å². The molecule has 0 aliphatic rings. The molecule has 338 valence electrons. The first-order valence-corrected chi connectivity index (χ1v) is 24.3. The number of benzene rings is 11. The zero-order chi connectivity index (χ0) is 47.5. The van der Waals surface area contributed by atoms with Crippen LogP contribution in [0.5, 0.6) is 0 Å². The molecule has 0 unspecified atom stereocenters. The topological polar surface area (TPSA) is 45.9 Å². The van der Waals surface area contributed by atoms with Gasteiger partial charge >= 0.3 is 0 Å². The van der Waals surface area contributed by atoms with Gasteiger partial charge in [0.05, 0.1) is 0 Å². The first-order valence-electron chi connectivity index (χ1n) is 24.3. The molecule has 0 aliphatic carbocycles. The quantitative estimate of drug-likeness (QED) is 0.159. The summed E-state index contributed by atoms with van der Waals surface area (Å²) >= 11 is 0. The normalized spacial score (nSPS) is 11.9. The van der Waals surface area contributed by atoms with Crippen molar-refractivity contribution in [3.63, 3.8) is 0 Å². The number of aryl methyl sites for hydroxylation is 2. The third-order valence-corrected chi connectivity index (χ3v) is 14.9. The highest BCUT2D eigenvalue weighted by Crippen LogP contribution is 2.49. The average molecular weight is 915 g/mol. The summed E-state index contributed by atoms with van der Waals surface area (Å²) in [6.07, 6.45) is 0. The van der Waals surface area contributed by atoms with E-state index in [1.54, 1.807) is 0 Å². The lowest BCUT2D eigenvalue weighted by molar-refractivity contribution is 0.662. The molecule has 0 aliphatic heterocycles. The van der Waals surface area contributed by atoms with Gasteiger partial charge in [0, 0.05) is 77.6 Å². The monoisotopic (exact) mass is 914 g/mol. The summed E-state index contributed by atoms with van der Waals surface area (Å²) in [5.41, 5.74) is 18.4. The number of nitrogens with zero attached hydrogens (tertiary/aromatic N) is 2. The summed E-state index contributed by atoms with van der Waals surface area (Å²) in [6.45, 7) is 8.76. The van der Waals surface area contributed by atoms with Crippen LogP contribution in [-0.4, -0.2) is 0 Å². The Bertz CT molecular complexity index is 4460. The summed E-state index contributed by atoms with van der Waals surface area (Å²) < 4.78 is 21.0. The van der Waals surface area contributed by atoms with E-state index in [-0.39, 0.29) is 0 Å². The largest absolute Gasteiger partial charge is 0.456 e. The van der Waals surface area contributed by atoms with Gasteiger partial charge in [0.15, 0.2) is 0 Å². The van der Waals surface area contributed by atoms with E-state index in [2.05, 4.69) is 232 Å². The van der Waals surface area contributed by atoms with Gasteiger partial charge in [-0.3, -0.25) is 0 Å². The van der Waals surface area contributed by atoms with Crippen LogP contribution >= 0.6 is 0 Å². The lowest BCUT2D eigenvalue weighted by Gasteiger charge is -2.28. The first-order chi connectivity index (χ1) is 34.8. The highest BCUT2D eigenvalue weighted by Gasteiger charge is 2.25. The molecule has 71 heavy (non-hydrogen) atoms. The molecule has 5 nitrogen and oxygen atoms in total. The minimum atomic E-state index is 0.789. The number of para-hydroxylation sites is 4. The van der Waals surface area contributed by atoms with Crippen LogP contribution in [0.4, 0.5) is 34.1 Å². The fourth-order valence-electron chi connectivity index (χ4n) is 11.1. The Morgan fingerprint density at radius 1 is 0.296 bits per heavy atom. The standard InChI is InChI=1S/C66H46N2O3/c1-39-16-13-25-57(41(39)3)67(47-18-7-5-8-19-47)49-30-28-43-34-55-60(36-45(43)32-49)69-62-38-54(53-24-15-23-52-51-22-11-12-27-59(51)70-65(52)53)66-64(63(55)62)56-35-44-29-31-50(33-46(44)37-61(56)71-66)68(48-20-9-6-10-21-48)58-26-14-17-40(2)42(58)4/h5-38H,1-4H3. The molecule has 0 bridgehead atoms. The highest BCUT2D eigenvalue weighted by atomic mass is 16.3. The predicted molar refractivity (Wildman–Crippen MR) is 297 cm³/mol. The van der Waals surface area contributed by atoms with Crippen molar-refractivity contribution in [1.29, 1.82) is 0 Å². The van der Waals surface area contributed by atoms with Crippen molar-refractivity contribution in [3.05, 3.63) is 229 Å². The van der Waals surface area contributed by atoms with Gasteiger partial charge in [0.1, 0.15) is 33.5 Å². The Kier molecular flexibility index (Phi) is 9.08. The summed E-state index contributed by atoms with van der Waals surface area (Å²) in [5, 5.41) is 10.7. The van der Waals surface area contributed by atoms with Gasteiger partial charge in [-0.1, -0.05) is 109 Å². The van der Waals surface area contributed by atoms with E-state index in [9.17, 15) is 0 Å². The lowest BCUT2D eigenvalue weighted by Crippen LogP contribution is -2.11. The third kappa shape index (κ3) is 6.40. The highest BCUT2D eigenvalue weighted by molar-refractivity contribution is 6.31. The predicted octanol–water partition coefficient (Wildman–Crippen LogP) is 19.5. The maximum Gasteiger partial charge on any atom is 0.144 e. The average Bonchev–Trinajstić information content (AvgIpc) is 4.09. The number of furan rings is 3. The second-order valence-electron chi connectivity index (χ2n) is 19.0. The lowest BCUT2D eigenvalue weighted by atomic mass is 9.95. The summed E-state index contributed by atoms with van der Waals surface area (Å²) in [4.78, 5) is 4.71. The summed E-state index contributed by atoms with van der Waals surface area (Å²) in [7, 11) is 0. The number of hydrogen-bond acceptors (Lipinski definition) is 5. The Labute approximate surface area is 410 Å². The number of hydrogen-bond donors (Lipinski definition) is 0. The second kappa shape index (κ2) is 15.7. The Morgan fingerprint density at radius 2 is 0.817 bits per heavy atom. The molecule has 0 saturated carbocycles. The fourth-order valence-corrected chi connectivity index (χ4v) is 11.1. The van der Waals surface area contributed by atoms with E-state index in [1.165, 1.54) is 22.3 Å². The van der Waals surface area contributed by atoms with Crippen LogP contribution in [0, 0.1) is 27.7 Å². The second-order valence-corrected chi connectivity index (χ2v) is 19.0. The molecule has 14 rings (SSSR count). The molecule has 0 fully saturated rings.